The number of ether oxygens (including phenoxy) is 1. The lowest BCUT2D eigenvalue weighted by atomic mass is 10.4. The van der Waals surface area contributed by atoms with Crippen molar-refractivity contribution in [1.82, 2.24) is 9.78 Å². The van der Waals surface area contributed by atoms with Crippen LogP contribution in [0.3, 0.4) is 0 Å². The number of rotatable bonds is 3. The highest BCUT2D eigenvalue weighted by atomic mass is 32.1. The van der Waals surface area contributed by atoms with Crippen LogP contribution in [0.15, 0.2) is 24.5 Å². The lowest BCUT2D eigenvalue weighted by Gasteiger charge is -1.94. The summed E-state index contributed by atoms with van der Waals surface area (Å²) in [5.74, 6) is -0.631. The molecule has 0 aliphatic carbocycles. The van der Waals surface area contributed by atoms with Crippen LogP contribution in [0.2, 0.25) is 0 Å². The number of hydrogen-bond acceptors (Lipinski definition) is 4. The van der Waals surface area contributed by atoms with Crippen LogP contribution in [0.25, 0.3) is 5.00 Å². The van der Waals surface area contributed by atoms with Crippen molar-refractivity contribution in [3.8, 4) is 10.8 Å². The molecule has 78 valence electrons. The number of carbonyl (C=O) groups is 1. The van der Waals surface area contributed by atoms with Crippen molar-refractivity contribution in [3.05, 3.63) is 29.4 Å². The quantitative estimate of drug-likeness (QED) is 0.860. The molecular weight excluding hydrogens is 216 g/mol. The van der Waals surface area contributed by atoms with Gasteiger partial charge in [-0.3, -0.25) is 0 Å². The van der Waals surface area contributed by atoms with Crippen LogP contribution < -0.4 is 4.74 Å². The van der Waals surface area contributed by atoms with E-state index in [-0.39, 0.29) is 4.88 Å². The van der Waals surface area contributed by atoms with Crippen LogP contribution in [-0.4, -0.2) is 28.0 Å². The van der Waals surface area contributed by atoms with Gasteiger partial charge in [0.05, 0.1) is 7.11 Å². The zero-order valence-corrected chi connectivity index (χ0v) is 8.69. The Morgan fingerprint density at radius 3 is 2.93 bits per heavy atom. The third-order valence-electron chi connectivity index (χ3n) is 1.83. The molecule has 2 aromatic heterocycles. The van der Waals surface area contributed by atoms with E-state index in [9.17, 15) is 4.79 Å². The Bertz CT molecular complexity index is 476. The minimum absolute atomic E-state index is 0.183. The summed E-state index contributed by atoms with van der Waals surface area (Å²) < 4.78 is 6.57. The Labute approximate surface area is 89.5 Å². The first-order valence-corrected chi connectivity index (χ1v) is 4.95. The smallest absolute Gasteiger partial charge is 0.349 e. The summed E-state index contributed by atoms with van der Waals surface area (Å²) in [4.78, 5) is 11.0. The highest BCUT2D eigenvalue weighted by Crippen LogP contribution is 2.31. The zero-order chi connectivity index (χ0) is 10.8. The Morgan fingerprint density at radius 1 is 1.67 bits per heavy atom. The summed E-state index contributed by atoms with van der Waals surface area (Å²) in [5.41, 5.74) is 0. The minimum atomic E-state index is -0.991. The van der Waals surface area contributed by atoms with E-state index in [0.29, 0.717) is 10.8 Å². The van der Waals surface area contributed by atoms with E-state index in [2.05, 4.69) is 5.10 Å². The molecule has 0 radical (unpaired) electrons. The summed E-state index contributed by atoms with van der Waals surface area (Å²) in [6.45, 7) is 0. The first-order chi connectivity index (χ1) is 7.22. The molecule has 2 heterocycles. The number of thiophene rings is 1. The Balaban J connectivity index is 2.48. The molecule has 6 heteroatoms. The van der Waals surface area contributed by atoms with Gasteiger partial charge >= 0.3 is 5.97 Å². The second kappa shape index (κ2) is 3.74. The topological polar surface area (TPSA) is 64.4 Å². The molecule has 0 atom stereocenters. The van der Waals surface area contributed by atoms with Crippen LogP contribution in [0, 0.1) is 0 Å². The Morgan fingerprint density at radius 2 is 2.47 bits per heavy atom. The van der Waals surface area contributed by atoms with Crippen molar-refractivity contribution in [2.24, 2.45) is 0 Å². The van der Waals surface area contributed by atoms with Crippen molar-refractivity contribution < 1.29 is 14.6 Å². The molecule has 0 aromatic carbocycles. The lowest BCUT2D eigenvalue weighted by molar-refractivity contribution is 0.0699. The van der Waals surface area contributed by atoms with Crippen LogP contribution in [0.5, 0.6) is 5.75 Å². The second-order valence-corrected chi connectivity index (χ2v) is 3.77. The van der Waals surface area contributed by atoms with Gasteiger partial charge in [-0.05, 0) is 6.07 Å². The molecule has 0 fully saturated rings. The third kappa shape index (κ3) is 1.71. The van der Waals surface area contributed by atoms with Crippen molar-refractivity contribution in [3.63, 3.8) is 0 Å². The van der Waals surface area contributed by atoms with Gasteiger partial charge in [-0.2, -0.15) is 5.10 Å². The van der Waals surface area contributed by atoms with Crippen molar-refractivity contribution in [1.29, 1.82) is 0 Å². The van der Waals surface area contributed by atoms with E-state index < -0.39 is 5.97 Å². The molecule has 0 unspecified atom stereocenters. The van der Waals surface area contributed by atoms with E-state index >= 15 is 0 Å². The molecule has 0 amide bonds. The van der Waals surface area contributed by atoms with Crippen molar-refractivity contribution >= 4 is 17.3 Å². The fourth-order valence-electron chi connectivity index (χ4n) is 1.17. The average Bonchev–Trinajstić information content (AvgIpc) is 2.86. The predicted molar refractivity (Wildman–Crippen MR) is 55.0 cm³/mol. The maximum Gasteiger partial charge on any atom is 0.349 e. The summed E-state index contributed by atoms with van der Waals surface area (Å²) >= 11 is 1.13. The predicted octanol–water partition coefficient (Wildman–Crippen LogP) is 1.64. The monoisotopic (exact) mass is 224 g/mol. The number of carboxylic acids is 1. The Kier molecular flexibility index (Phi) is 2.42. The van der Waals surface area contributed by atoms with E-state index in [1.807, 2.05) is 0 Å². The number of nitrogens with zero attached hydrogens (tertiary/aromatic N) is 2. The van der Waals surface area contributed by atoms with Gasteiger partial charge in [0.2, 0.25) is 0 Å². The van der Waals surface area contributed by atoms with E-state index in [1.54, 1.807) is 29.2 Å². The number of aromatic nitrogens is 2. The number of hydrogen-bond donors (Lipinski definition) is 1. The van der Waals surface area contributed by atoms with Gasteiger partial charge in [-0.1, -0.05) is 0 Å². The van der Waals surface area contributed by atoms with Crippen LogP contribution >= 0.6 is 11.3 Å². The molecule has 0 aliphatic heterocycles. The van der Waals surface area contributed by atoms with Crippen LogP contribution in [0.1, 0.15) is 9.67 Å². The fourth-order valence-corrected chi connectivity index (χ4v) is 2.08. The molecule has 5 nitrogen and oxygen atoms in total. The second-order valence-electron chi connectivity index (χ2n) is 2.74. The molecule has 0 bridgehead atoms. The molecule has 0 saturated carbocycles. The van der Waals surface area contributed by atoms with Gasteiger partial charge in [0.15, 0.2) is 4.88 Å². The molecular formula is C9H8N2O3S. The molecule has 2 rings (SSSR count). The number of aromatic carboxylic acids is 1. The highest BCUT2D eigenvalue weighted by molar-refractivity contribution is 7.16. The van der Waals surface area contributed by atoms with Gasteiger partial charge in [0.25, 0.3) is 0 Å². The first kappa shape index (κ1) is 9.72. The van der Waals surface area contributed by atoms with Crippen molar-refractivity contribution in [2.75, 3.05) is 7.11 Å². The molecule has 0 spiro atoms. The average molecular weight is 224 g/mol. The van der Waals surface area contributed by atoms with Crippen molar-refractivity contribution in [2.45, 2.75) is 0 Å². The summed E-state index contributed by atoms with van der Waals surface area (Å²) in [6, 6.07) is 3.42. The number of methoxy groups -OCH3 is 1. The lowest BCUT2D eigenvalue weighted by Crippen LogP contribution is -1.94. The normalized spacial score (nSPS) is 10.2. The van der Waals surface area contributed by atoms with Gasteiger partial charge in [0, 0.05) is 18.5 Å². The van der Waals surface area contributed by atoms with E-state index in [1.165, 1.54) is 7.11 Å². The van der Waals surface area contributed by atoms with E-state index in [0.717, 1.165) is 11.3 Å². The van der Waals surface area contributed by atoms with Gasteiger partial charge in [0.1, 0.15) is 10.8 Å². The fraction of sp³-hybridized carbons (Fsp3) is 0.111. The van der Waals surface area contributed by atoms with Gasteiger partial charge < -0.3 is 9.84 Å². The van der Waals surface area contributed by atoms with Gasteiger partial charge in [-0.25, -0.2) is 9.48 Å². The largest absolute Gasteiger partial charge is 0.495 e. The molecule has 0 saturated heterocycles. The SMILES string of the molecule is COc1cc(-n2cccn2)sc1C(=O)O. The molecule has 0 aliphatic rings. The summed E-state index contributed by atoms with van der Waals surface area (Å²) in [6.07, 6.45) is 3.38. The van der Waals surface area contributed by atoms with Crippen LogP contribution in [0.4, 0.5) is 0 Å². The first-order valence-electron chi connectivity index (χ1n) is 4.13. The molecule has 2 aromatic rings. The summed E-state index contributed by atoms with van der Waals surface area (Å²) in [5, 5.41) is 13.6. The number of carboxylic acid groups (broad SMARTS) is 1. The van der Waals surface area contributed by atoms with Crippen LogP contribution in [-0.2, 0) is 0 Å². The highest BCUT2D eigenvalue weighted by Gasteiger charge is 2.16. The van der Waals surface area contributed by atoms with Gasteiger partial charge in [-0.15, -0.1) is 11.3 Å². The maximum absolute atomic E-state index is 10.9. The minimum Gasteiger partial charge on any atom is -0.495 e. The zero-order valence-electron chi connectivity index (χ0n) is 7.88. The standard InChI is InChI=1S/C9H8N2O3S/c1-14-6-5-7(11-4-2-3-10-11)15-8(6)9(12)13/h2-5H,1H3,(H,12,13). The third-order valence-corrected chi connectivity index (χ3v) is 2.92. The summed E-state index contributed by atoms with van der Waals surface area (Å²) in [7, 11) is 1.45. The molecule has 1 N–H and O–H groups in total. The maximum atomic E-state index is 10.9. The van der Waals surface area contributed by atoms with E-state index in [4.69, 9.17) is 9.84 Å². The Hall–Kier alpha value is -1.82. The molecule has 15 heavy (non-hydrogen) atoms.